The van der Waals surface area contributed by atoms with E-state index < -0.39 is 11.8 Å². The maximum atomic E-state index is 12.4. The summed E-state index contributed by atoms with van der Waals surface area (Å²) in [5.41, 5.74) is 0.955. The fourth-order valence-electron chi connectivity index (χ4n) is 4.61. The molecule has 1 aromatic carbocycles. The third kappa shape index (κ3) is 4.59. The van der Waals surface area contributed by atoms with Gasteiger partial charge in [-0.15, -0.1) is 0 Å². The van der Waals surface area contributed by atoms with Crippen molar-refractivity contribution in [3.8, 4) is 11.5 Å². The quantitative estimate of drug-likeness (QED) is 0.735. The molecule has 1 aromatic rings. The summed E-state index contributed by atoms with van der Waals surface area (Å²) >= 11 is 0. The molecule has 2 aliphatic rings. The van der Waals surface area contributed by atoms with Crippen molar-refractivity contribution in [1.82, 2.24) is 10.6 Å². The first-order chi connectivity index (χ1) is 13.6. The normalized spacial score (nSPS) is 19.1. The number of hydrogen-bond acceptors (Lipinski definition) is 4. The summed E-state index contributed by atoms with van der Waals surface area (Å²) in [5.74, 6) is 0.340. The van der Waals surface area contributed by atoms with Gasteiger partial charge in [-0.1, -0.05) is 38.2 Å². The SMILES string of the molecule is COc1ccc(C2(CNC(=O)C(=O)NC3CCCCC3)CCCC2)cc1OC. The van der Waals surface area contributed by atoms with Crippen molar-refractivity contribution < 1.29 is 19.1 Å². The van der Waals surface area contributed by atoms with Gasteiger partial charge in [-0.25, -0.2) is 0 Å². The molecule has 2 fully saturated rings. The summed E-state index contributed by atoms with van der Waals surface area (Å²) in [5, 5.41) is 5.79. The Balaban J connectivity index is 1.65. The zero-order valence-corrected chi connectivity index (χ0v) is 17.0. The number of rotatable bonds is 6. The average Bonchev–Trinajstić information content (AvgIpc) is 3.22. The molecule has 2 aliphatic carbocycles. The molecule has 6 heteroatoms. The van der Waals surface area contributed by atoms with E-state index in [1.54, 1.807) is 14.2 Å². The molecule has 0 saturated heterocycles. The van der Waals surface area contributed by atoms with Crippen molar-refractivity contribution >= 4 is 11.8 Å². The molecule has 0 bridgehead atoms. The molecule has 0 heterocycles. The van der Waals surface area contributed by atoms with Crippen LogP contribution in [-0.2, 0) is 15.0 Å². The third-order valence-electron chi connectivity index (χ3n) is 6.29. The van der Waals surface area contributed by atoms with Gasteiger partial charge in [-0.2, -0.15) is 0 Å². The number of methoxy groups -OCH3 is 2. The van der Waals surface area contributed by atoms with Crippen LogP contribution >= 0.6 is 0 Å². The number of carbonyl (C=O) groups excluding carboxylic acids is 2. The summed E-state index contributed by atoms with van der Waals surface area (Å²) in [6, 6.07) is 6.09. The van der Waals surface area contributed by atoms with Crippen molar-refractivity contribution in [3.05, 3.63) is 23.8 Å². The second-order valence-electron chi connectivity index (χ2n) is 8.05. The number of hydrogen-bond donors (Lipinski definition) is 2. The van der Waals surface area contributed by atoms with Gasteiger partial charge in [0.1, 0.15) is 0 Å². The maximum Gasteiger partial charge on any atom is 0.309 e. The van der Waals surface area contributed by atoms with Gasteiger partial charge in [0.25, 0.3) is 0 Å². The van der Waals surface area contributed by atoms with Crippen LogP contribution in [0.5, 0.6) is 11.5 Å². The molecule has 0 spiro atoms. The van der Waals surface area contributed by atoms with Gasteiger partial charge in [-0.05, 0) is 43.4 Å². The molecule has 2 amide bonds. The van der Waals surface area contributed by atoms with Gasteiger partial charge in [-0.3, -0.25) is 9.59 Å². The first kappa shape index (κ1) is 20.5. The summed E-state index contributed by atoms with van der Waals surface area (Å²) in [4.78, 5) is 24.7. The molecule has 0 radical (unpaired) electrons. The summed E-state index contributed by atoms with van der Waals surface area (Å²) < 4.78 is 10.8. The van der Waals surface area contributed by atoms with Crippen LogP contribution in [0.15, 0.2) is 18.2 Å². The highest BCUT2D eigenvalue weighted by atomic mass is 16.5. The summed E-state index contributed by atoms with van der Waals surface area (Å²) in [6.45, 7) is 0.458. The molecule has 6 nitrogen and oxygen atoms in total. The zero-order valence-electron chi connectivity index (χ0n) is 17.0. The van der Waals surface area contributed by atoms with Crippen LogP contribution in [-0.4, -0.2) is 38.6 Å². The Morgan fingerprint density at radius 2 is 1.64 bits per heavy atom. The lowest BCUT2D eigenvalue weighted by Crippen LogP contribution is -2.48. The second kappa shape index (κ2) is 9.30. The van der Waals surface area contributed by atoms with E-state index in [4.69, 9.17) is 9.47 Å². The van der Waals surface area contributed by atoms with E-state index in [1.807, 2.05) is 18.2 Å². The topological polar surface area (TPSA) is 76.7 Å². The van der Waals surface area contributed by atoms with Gasteiger partial charge in [0.05, 0.1) is 14.2 Å². The number of nitrogens with one attached hydrogen (secondary N) is 2. The predicted octanol–water partition coefficient (Wildman–Crippen LogP) is 3.08. The molecular weight excluding hydrogens is 356 g/mol. The highest BCUT2D eigenvalue weighted by Gasteiger charge is 2.37. The number of benzene rings is 1. The van der Waals surface area contributed by atoms with Crippen molar-refractivity contribution in [2.45, 2.75) is 69.2 Å². The van der Waals surface area contributed by atoms with Crippen LogP contribution in [0.4, 0.5) is 0 Å². The zero-order chi connectivity index (χ0) is 20.0. The molecule has 3 rings (SSSR count). The average molecular weight is 389 g/mol. The minimum absolute atomic E-state index is 0.137. The van der Waals surface area contributed by atoms with Gasteiger partial charge in [0, 0.05) is 18.0 Å². The molecule has 0 aliphatic heterocycles. The Labute approximate surface area is 167 Å². The minimum Gasteiger partial charge on any atom is -0.493 e. The van der Waals surface area contributed by atoms with Gasteiger partial charge < -0.3 is 20.1 Å². The van der Waals surface area contributed by atoms with E-state index in [9.17, 15) is 9.59 Å². The number of carbonyl (C=O) groups is 2. The molecule has 2 saturated carbocycles. The molecule has 154 valence electrons. The van der Waals surface area contributed by atoms with Crippen molar-refractivity contribution in [3.63, 3.8) is 0 Å². The molecule has 0 aromatic heterocycles. The van der Waals surface area contributed by atoms with E-state index in [0.717, 1.165) is 56.9 Å². The molecule has 0 atom stereocenters. The monoisotopic (exact) mass is 388 g/mol. The number of amides is 2. The van der Waals surface area contributed by atoms with E-state index in [-0.39, 0.29) is 11.5 Å². The van der Waals surface area contributed by atoms with Crippen LogP contribution in [0.3, 0.4) is 0 Å². The van der Waals surface area contributed by atoms with Crippen LogP contribution in [0, 0.1) is 0 Å². The van der Waals surface area contributed by atoms with E-state index in [2.05, 4.69) is 10.6 Å². The first-order valence-corrected chi connectivity index (χ1v) is 10.4. The Hall–Kier alpha value is -2.24. The molecule has 0 unspecified atom stereocenters. The highest BCUT2D eigenvalue weighted by molar-refractivity contribution is 6.35. The minimum atomic E-state index is -0.530. The van der Waals surface area contributed by atoms with Crippen molar-refractivity contribution in [1.29, 1.82) is 0 Å². The summed E-state index contributed by atoms with van der Waals surface area (Å²) in [7, 11) is 3.24. The lowest BCUT2D eigenvalue weighted by atomic mass is 9.78. The van der Waals surface area contributed by atoms with Gasteiger partial charge in [0.2, 0.25) is 0 Å². The fourth-order valence-corrected chi connectivity index (χ4v) is 4.61. The lowest BCUT2D eigenvalue weighted by molar-refractivity contribution is -0.139. The Morgan fingerprint density at radius 3 is 2.29 bits per heavy atom. The van der Waals surface area contributed by atoms with E-state index >= 15 is 0 Å². The standard InChI is InChI=1S/C22H32N2O4/c1-27-18-11-10-16(14-19(18)28-2)22(12-6-7-13-22)15-23-20(25)21(26)24-17-8-4-3-5-9-17/h10-11,14,17H,3-9,12-13,15H2,1-2H3,(H,23,25)(H,24,26). The molecule has 28 heavy (non-hydrogen) atoms. The maximum absolute atomic E-state index is 12.4. The largest absolute Gasteiger partial charge is 0.493 e. The first-order valence-electron chi connectivity index (χ1n) is 10.4. The fraction of sp³-hybridized carbons (Fsp3) is 0.636. The predicted molar refractivity (Wildman–Crippen MR) is 108 cm³/mol. The lowest BCUT2D eigenvalue weighted by Gasteiger charge is -2.30. The Morgan fingerprint density at radius 1 is 0.964 bits per heavy atom. The Kier molecular flexibility index (Phi) is 6.81. The molecular formula is C22H32N2O4. The van der Waals surface area contributed by atoms with Crippen LogP contribution in [0.25, 0.3) is 0 Å². The molecule has 2 N–H and O–H groups in total. The van der Waals surface area contributed by atoms with Crippen LogP contribution in [0.2, 0.25) is 0 Å². The van der Waals surface area contributed by atoms with Gasteiger partial charge in [0.15, 0.2) is 11.5 Å². The van der Waals surface area contributed by atoms with Crippen LogP contribution in [0.1, 0.15) is 63.4 Å². The van der Waals surface area contributed by atoms with E-state index in [1.165, 1.54) is 6.42 Å². The van der Waals surface area contributed by atoms with Crippen molar-refractivity contribution in [2.75, 3.05) is 20.8 Å². The summed E-state index contributed by atoms with van der Waals surface area (Å²) in [6.07, 6.45) is 9.57. The highest BCUT2D eigenvalue weighted by Crippen LogP contribution is 2.43. The number of ether oxygens (including phenoxy) is 2. The van der Waals surface area contributed by atoms with Gasteiger partial charge >= 0.3 is 11.8 Å². The third-order valence-corrected chi connectivity index (χ3v) is 6.29. The van der Waals surface area contributed by atoms with E-state index in [0.29, 0.717) is 18.0 Å². The smallest absolute Gasteiger partial charge is 0.309 e. The van der Waals surface area contributed by atoms with Crippen molar-refractivity contribution in [2.24, 2.45) is 0 Å². The van der Waals surface area contributed by atoms with Crippen LogP contribution < -0.4 is 20.1 Å². The Bertz CT molecular complexity index is 692. The second-order valence-corrected chi connectivity index (χ2v) is 8.05.